The van der Waals surface area contributed by atoms with Crippen LogP contribution in [0, 0.1) is 6.92 Å². The summed E-state index contributed by atoms with van der Waals surface area (Å²) in [6.45, 7) is 1.62. The number of nitrogens with one attached hydrogen (secondary N) is 3. The second-order valence-electron chi connectivity index (χ2n) is 7.50. The number of benzene rings is 3. The molecule has 3 rings (SSSR count). The lowest BCUT2D eigenvalue weighted by Gasteiger charge is -2.14. The van der Waals surface area contributed by atoms with Crippen molar-refractivity contribution >= 4 is 43.0 Å². The summed E-state index contributed by atoms with van der Waals surface area (Å²) >= 11 is 0. The maximum atomic E-state index is 12.8. The zero-order valence-corrected chi connectivity index (χ0v) is 21.1. The number of methoxy groups -OCH3 is 2. The van der Waals surface area contributed by atoms with E-state index in [1.807, 2.05) is 0 Å². The van der Waals surface area contributed by atoms with Gasteiger partial charge in [0.05, 0.1) is 36.7 Å². The Morgan fingerprint density at radius 2 is 1.51 bits per heavy atom. The fraction of sp³-hybridized carbons (Fsp3) is 0.174. The van der Waals surface area contributed by atoms with Crippen LogP contribution in [0.1, 0.15) is 15.9 Å². The van der Waals surface area contributed by atoms with E-state index in [4.69, 9.17) is 9.47 Å². The van der Waals surface area contributed by atoms with Crippen LogP contribution in [0.4, 0.5) is 17.1 Å². The molecular formula is C23H25N3O7S2. The molecule has 3 N–H and O–H groups in total. The largest absolute Gasteiger partial charge is 0.497 e. The van der Waals surface area contributed by atoms with Gasteiger partial charge in [-0.1, -0.05) is 6.07 Å². The van der Waals surface area contributed by atoms with Crippen LogP contribution in [0.25, 0.3) is 0 Å². The molecule has 0 aromatic heterocycles. The normalized spacial score (nSPS) is 11.4. The number of ether oxygens (including phenoxy) is 2. The molecule has 0 aliphatic carbocycles. The van der Waals surface area contributed by atoms with Crippen molar-refractivity contribution in [2.75, 3.05) is 35.2 Å². The van der Waals surface area contributed by atoms with Gasteiger partial charge in [-0.05, 0) is 61.0 Å². The second-order valence-corrected chi connectivity index (χ2v) is 10.9. The highest BCUT2D eigenvalue weighted by Crippen LogP contribution is 2.31. The minimum atomic E-state index is -3.94. The first-order valence-corrected chi connectivity index (χ1v) is 13.5. The molecule has 35 heavy (non-hydrogen) atoms. The maximum Gasteiger partial charge on any atom is 0.262 e. The lowest BCUT2D eigenvalue weighted by molar-refractivity contribution is 0.102. The van der Waals surface area contributed by atoms with Crippen molar-refractivity contribution < 1.29 is 31.1 Å². The summed E-state index contributed by atoms with van der Waals surface area (Å²) in [6.07, 6.45) is 1.02. The Kier molecular flexibility index (Phi) is 7.56. The van der Waals surface area contributed by atoms with Crippen molar-refractivity contribution in [3.8, 4) is 11.5 Å². The minimum Gasteiger partial charge on any atom is -0.497 e. The second kappa shape index (κ2) is 10.2. The highest BCUT2D eigenvalue weighted by atomic mass is 32.2. The molecule has 0 spiro atoms. The molecule has 0 aliphatic heterocycles. The summed E-state index contributed by atoms with van der Waals surface area (Å²) in [4.78, 5) is 12.7. The van der Waals surface area contributed by atoms with Crippen LogP contribution in [0.2, 0.25) is 0 Å². The molecule has 10 nitrogen and oxygen atoms in total. The summed E-state index contributed by atoms with van der Waals surface area (Å²) in [5.41, 5.74) is 1.61. The third kappa shape index (κ3) is 6.43. The van der Waals surface area contributed by atoms with Gasteiger partial charge in [0, 0.05) is 17.3 Å². The van der Waals surface area contributed by atoms with E-state index in [9.17, 15) is 21.6 Å². The smallest absolute Gasteiger partial charge is 0.262 e. The van der Waals surface area contributed by atoms with Crippen molar-refractivity contribution in [2.24, 2.45) is 0 Å². The number of hydrogen-bond acceptors (Lipinski definition) is 7. The van der Waals surface area contributed by atoms with E-state index in [-0.39, 0.29) is 16.1 Å². The Morgan fingerprint density at radius 1 is 0.829 bits per heavy atom. The van der Waals surface area contributed by atoms with E-state index in [2.05, 4.69) is 14.8 Å². The molecule has 0 bridgehead atoms. The first kappa shape index (κ1) is 25.8. The van der Waals surface area contributed by atoms with Gasteiger partial charge in [0.25, 0.3) is 15.9 Å². The first-order chi connectivity index (χ1) is 16.4. The number of rotatable bonds is 9. The van der Waals surface area contributed by atoms with Gasteiger partial charge in [0.1, 0.15) is 11.5 Å². The monoisotopic (exact) mass is 519 g/mol. The molecule has 0 radical (unpaired) electrons. The van der Waals surface area contributed by atoms with E-state index >= 15 is 0 Å². The predicted molar refractivity (Wildman–Crippen MR) is 134 cm³/mol. The number of carbonyl (C=O) groups excluding carboxylic acids is 1. The van der Waals surface area contributed by atoms with Crippen molar-refractivity contribution in [1.82, 2.24) is 0 Å². The van der Waals surface area contributed by atoms with Crippen molar-refractivity contribution in [2.45, 2.75) is 11.8 Å². The summed E-state index contributed by atoms with van der Waals surface area (Å²) in [7, 11) is -4.55. The molecule has 3 aromatic carbocycles. The molecule has 3 aromatic rings. The van der Waals surface area contributed by atoms with Crippen molar-refractivity contribution in [3.05, 3.63) is 71.8 Å². The quantitative estimate of drug-likeness (QED) is 0.393. The molecule has 0 fully saturated rings. The molecule has 0 atom stereocenters. The summed E-state index contributed by atoms with van der Waals surface area (Å²) in [5, 5.41) is 2.68. The van der Waals surface area contributed by atoms with Gasteiger partial charge in [-0.2, -0.15) is 0 Å². The maximum absolute atomic E-state index is 12.8. The average Bonchev–Trinajstić information content (AvgIpc) is 2.80. The van der Waals surface area contributed by atoms with Crippen molar-refractivity contribution in [3.63, 3.8) is 0 Å². The molecule has 186 valence electrons. The van der Waals surface area contributed by atoms with Gasteiger partial charge in [0.2, 0.25) is 10.0 Å². The number of sulfonamides is 2. The van der Waals surface area contributed by atoms with Crippen LogP contribution >= 0.6 is 0 Å². The van der Waals surface area contributed by atoms with Gasteiger partial charge in [0.15, 0.2) is 0 Å². The van der Waals surface area contributed by atoms with Crippen molar-refractivity contribution in [1.29, 1.82) is 0 Å². The van der Waals surface area contributed by atoms with Gasteiger partial charge in [-0.3, -0.25) is 14.2 Å². The Hall–Kier alpha value is -3.77. The fourth-order valence-corrected chi connectivity index (χ4v) is 4.89. The standard InChI is InChI=1S/C23H25N3O7S2/c1-15-19(6-5-7-20(15)25-34(4,28)29)23(27)24-16-8-11-18(12-9-16)35(30,31)26-21-13-10-17(32-2)14-22(21)33-3/h5-14,25-26H,1-4H3,(H,24,27). The molecule has 0 saturated heterocycles. The van der Waals surface area contributed by atoms with Gasteiger partial charge < -0.3 is 14.8 Å². The molecule has 0 saturated carbocycles. The molecule has 0 aliphatic rings. The van der Waals surface area contributed by atoms with Gasteiger partial charge in [-0.25, -0.2) is 16.8 Å². The van der Waals surface area contributed by atoms with Crippen LogP contribution in [0.15, 0.2) is 65.6 Å². The molecule has 0 heterocycles. The highest BCUT2D eigenvalue weighted by Gasteiger charge is 2.18. The average molecular weight is 520 g/mol. The van der Waals surface area contributed by atoms with Crippen LogP contribution in [-0.4, -0.2) is 43.2 Å². The number of anilines is 3. The Morgan fingerprint density at radius 3 is 2.11 bits per heavy atom. The van der Waals surface area contributed by atoms with E-state index in [0.29, 0.717) is 28.4 Å². The Bertz CT molecular complexity index is 1450. The lowest BCUT2D eigenvalue weighted by Crippen LogP contribution is -2.16. The number of amides is 1. The molecule has 1 amide bonds. The third-order valence-electron chi connectivity index (χ3n) is 4.95. The van der Waals surface area contributed by atoms with Crippen LogP contribution in [0.5, 0.6) is 11.5 Å². The molecular weight excluding hydrogens is 494 g/mol. The van der Waals surface area contributed by atoms with E-state index in [0.717, 1.165) is 6.26 Å². The summed E-state index contributed by atoms with van der Waals surface area (Å²) < 4.78 is 63.9. The predicted octanol–water partition coefficient (Wildman–Crippen LogP) is 3.44. The number of hydrogen-bond donors (Lipinski definition) is 3. The van der Waals surface area contributed by atoms with E-state index < -0.39 is 26.0 Å². The SMILES string of the molecule is COc1ccc(NS(=O)(=O)c2ccc(NC(=O)c3cccc(NS(C)(=O)=O)c3C)cc2)c(OC)c1. The van der Waals surface area contributed by atoms with Crippen LogP contribution in [-0.2, 0) is 20.0 Å². The zero-order chi connectivity index (χ0) is 25.8. The van der Waals surface area contributed by atoms with Crippen LogP contribution in [0.3, 0.4) is 0 Å². The highest BCUT2D eigenvalue weighted by molar-refractivity contribution is 7.92. The minimum absolute atomic E-state index is 0.0242. The van der Waals surface area contributed by atoms with E-state index in [1.165, 1.54) is 44.6 Å². The third-order valence-corrected chi connectivity index (χ3v) is 6.92. The fourth-order valence-electron chi connectivity index (χ4n) is 3.19. The lowest BCUT2D eigenvalue weighted by atomic mass is 10.1. The van der Waals surface area contributed by atoms with Crippen LogP contribution < -0.4 is 24.2 Å². The van der Waals surface area contributed by atoms with Gasteiger partial charge in [-0.15, -0.1) is 0 Å². The zero-order valence-electron chi connectivity index (χ0n) is 19.4. The summed E-state index contributed by atoms with van der Waals surface area (Å²) in [6, 6.07) is 15.0. The molecule has 12 heteroatoms. The Balaban J connectivity index is 1.77. The first-order valence-electron chi connectivity index (χ1n) is 10.2. The Labute approximate surface area is 204 Å². The topological polar surface area (TPSA) is 140 Å². The van der Waals surface area contributed by atoms with Gasteiger partial charge >= 0.3 is 0 Å². The summed E-state index contributed by atoms with van der Waals surface area (Å²) in [5.74, 6) is 0.328. The van der Waals surface area contributed by atoms with E-state index in [1.54, 1.807) is 37.3 Å². The number of carbonyl (C=O) groups is 1. The molecule has 0 unspecified atom stereocenters.